The molecule has 4 rings (SSSR count). The smallest absolute Gasteiger partial charge is 0.226 e. The molecule has 0 unspecified atom stereocenters. The molecule has 7 heteroatoms. The van der Waals surface area contributed by atoms with Gasteiger partial charge in [0.2, 0.25) is 5.91 Å². The average Bonchev–Trinajstić information content (AvgIpc) is 3.45. The van der Waals surface area contributed by atoms with E-state index in [0.717, 1.165) is 56.6 Å². The number of benzene rings is 1. The molecule has 2 heterocycles. The Kier molecular flexibility index (Phi) is 8.14. The normalized spacial score (nSPS) is 24.9. The Bertz CT molecular complexity index is 835. The number of rotatable bonds is 7. The molecule has 2 atom stereocenters. The third kappa shape index (κ3) is 5.85. The fourth-order valence-electron chi connectivity index (χ4n) is 5.45. The number of ketones is 1. The van der Waals surface area contributed by atoms with Gasteiger partial charge in [-0.3, -0.25) is 14.5 Å². The molecule has 0 spiro atoms. The van der Waals surface area contributed by atoms with E-state index < -0.39 is 0 Å². The maximum absolute atomic E-state index is 12.9. The molecule has 1 saturated carbocycles. The Balaban J connectivity index is 1.36. The van der Waals surface area contributed by atoms with Crippen LogP contribution in [0.3, 0.4) is 0 Å². The van der Waals surface area contributed by atoms with Crippen molar-refractivity contribution in [3.05, 3.63) is 33.3 Å². The van der Waals surface area contributed by atoms with Crippen LogP contribution in [0.1, 0.15) is 56.6 Å². The average molecular weight is 481 g/mol. The summed E-state index contributed by atoms with van der Waals surface area (Å²) in [6.45, 7) is 6.62. The predicted molar refractivity (Wildman–Crippen MR) is 127 cm³/mol. The lowest BCUT2D eigenvalue weighted by Gasteiger charge is -2.41. The zero-order valence-corrected chi connectivity index (χ0v) is 20.5. The summed E-state index contributed by atoms with van der Waals surface area (Å²) >= 11 is 13.1. The van der Waals surface area contributed by atoms with Crippen LogP contribution in [0, 0.1) is 11.8 Å². The summed E-state index contributed by atoms with van der Waals surface area (Å²) in [5.74, 6) is 1.07. The van der Waals surface area contributed by atoms with Crippen LogP contribution in [-0.2, 0) is 27.3 Å². The van der Waals surface area contributed by atoms with Gasteiger partial charge in [-0.2, -0.15) is 0 Å². The van der Waals surface area contributed by atoms with Gasteiger partial charge in [-0.1, -0.05) is 36.0 Å². The van der Waals surface area contributed by atoms with Gasteiger partial charge in [-0.05, 0) is 55.4 Å². The van der Waals surface area contributed by atoms with Crippen LogP contribution in [0.5, 0.6) is 0 Å². The number of nitrogens with zero attached hydrogens (tertiary/aromatic N) is 2. The highest BCUT2D eigenvalue weighted by Gasteiger charge is 2.33. The minimum Gasteiger partial charge on any atom is -0.381 e. The molecule has 32 heavy (non-hydrogen) atoms. The minimum absolute atomic E-state index is 0.184. The van der Waals surface area contributed by atoms with Gasteiger partial charge in [-0.15, -0.1) is 0 Å². The van der Waals surface area contributed by atoms with Crippen molar-refractivity contribution in [3.63, 3.8) is 0 Å². The molecule has 5 nitrogen and oxygen atoms in total. The lowest BCUT2D eigenvalue weighted by atomic mass is 9.97. The Morgan fingerprint density at radius 3 is 2.53 bits per heavy atom. The van der Waals surface area contributed by atoms with Gasteiger partial charge in [0.25, 0.3) is 0 Å². The number of carbonyl (C=O) groups is 2. The van der Waals surface area contributed by atoms with Gasteiger partial charge in [0.1, 0.15) is 5.78 Å². The summed E-state index contributed by atoms with van der Waals surface area (Å²) in [5.41, 5.74) is 1.76. The molecule has 3 aliphatic rings. The number of piperazine rings is 1. The van der Waals surface area contributed by atoms with Crippen LogP contribution < -0.4 is 0 Å². The lowest BCUT2D eigenvalue weighted by molar-refractivity contribution is -0.140. The van der Waals surface area contributed by atoms with Gasteiger partial charge >= 0.3 is 0 Å². The van der Waals surface area contributed by atoms with Crippen molar-refractivity contribution in [2.75, 3.05) is 32.8 Å². The van der Waals surface area contributed by atoms with Crippen LogP contribution >= 0.6 is 23.2 Å². The van der Waals surface area contributed by atoms with E-state index in [-0.39, 0.29) is 17.7 Å². The highest BCUT2D eigenvalue weighted by atomic mass is 35.5. The summed E-state index contributed by atoms with van der Waals surface area (Å²) in [6.07, 6.45) is 6.23. The van der Waals surface area contributed by atoms with Gasteiger partial charge in [0.05, 0.1) is 0 Å². The molecule has 0 bridgehead atoms. The second-order valence-corrected chi connectivity index (χ2v) is 10.6. The lowest BCUT2D eigenvalue weighted by Crippen LogP contribution is -2.54. The fraction of sp³-hybridized carbons (Fsp3) is 0.680. The summed E-state index contributed by atoms with van der Waals surface area (Å²) in [4.78, 5) is 29.9. The minimum atomic E-state index is 0.184. The Labute approximate surface area is 201 Å². The number of hydrogen-bond donors (Lipinski definition) is 0. The largest absolute Gasteiger partial charge is 0.381 e. The van der Waals surface area contributed by atoms with E-state index in [1.807, 2.05) is 12.1 Å². The number of halogens is 2. The van der Waals surface area contributed by atoms with E-state index in [4.69, 9.17) is 27.9 Å². The zero-order chi connectivity index (χ0) is 22.7. The van der Waals surface area contributed by atoms with Crippen molar-refractivity contribution in [3.8, 4) is 0 Å². The Morgan fingerprint density at radius 2 is 1.84 bits per heavy atom. The summed E-state index contributed by atoms with van der Waals surface area (Å²) < 4.78 is 5.39. The van der Waals surface area contributed by atoms with Crippen molar-refractivity contribution < 1.29 is 14.3 Å². The molecular formula is C25H34Cl2N2O3. The maximum Gasteiger partial charge on any atom is 0.226 e. The first kappa shape index (κ1) is 24.0. The third-order valence-corrected chi connectivity index (χ3v) is 7.91. The topological polar surface area (TPSA) is 49.9 Å². The number of carbonyl (C=O) groups excluding carboxylic acids is 2. The van der Waals surface area contributed by atoms with Gasteiger partial charge in [0.15, 0.2) is 0 Å². The van der Waals surface area contributed by atoms with Gasteiger partial charge in [-0.25, -0.2) is 0 Å². The van der Waals surface area contributed by atoms with Crippen LogP contribution in [-0.4, -0.2) is 60.4 Å². The molecule has 176 valence electrons. The molecule has 1 amide bonds. The summed E-state index contributed by atoms with van der Waals surface area (Å²) in [6, 6.07) is 3.91. The summed E-state index contributed by atoms with van der Waals surface area (Å²) in [7, 11) is 0. The van der Waals surface area contributed by atoms with Gasteiger partial charge in [0, 0.05) is 74.2 Å². The van der Waals surface area contributed by atoms with Crippen molar-refractivity contribution >= 4 is 34.9 Å². The van der Waals surface area contributed by atoms with Crippen LogP contribution in [0.2, 0.25) is 10.0 Å². The van der Waals surface area contributed by atoms with E-state index in [1.165, 1.54) is 12.8 Å². The molecule has 1 aromatic carbocycles. The van der Waals surface area contributed by atoms with Crippen molar-refractivity contribution in [1.82, 2.24) is 9.80 Å². The van der Waals surface area contributed by atoms with Crippen molar-refractivity contribution in [1.29, 1.82) is 0 Å². The Hall–Kier alpha value is -1.14. The molecule has 2 aliphatic heterocycles. The summed E-state index contributed by atoms with van der Waals surface area (Å²) in [5, 5.41) is 1.25. The maximum atomic E-state index is 12.9. The standard InChI is InChI=1S/C25H34Cl2N2O3/c1-17-14-28(7-8-29(17)25(31)19-4-2-3-5-19)15-21-12-22(26)11-20(24(21)27)13-23(30)10-18-6-9-32-16-18/h11-12,17-19H,2-10,13-16H2,1H3/t17-,18+/m0/s1. The molecule has 1 aromatic rings. The predicted octanol–water partition coefficient (Wildman–Crippen LogP) is 4.75. The van der Waals surface area contributed by atoms with E-state index in [0.29, 0.717) is 47.9 Å². The number of Topliss-reactive ketones (excluding diaryl/α,β-unsaturated/α-hetero) is 1. The molecule has 0 N–H and O–H groups in total. The van der Waals surface area contributed by atoms with Gasteiger partial charge < -0.3 is 9.64 Å². The quantitative estimate of drug-likeness (QED) is 0.564. The molecular weight excluding hydrogens is 447 g/mol. The Morgan fingerprint density at radius 1 is 1.09 bits per heavy atom. The second-order valence-electron chi connectivity index (χ2n) is 9.78. The molecule has 1 aliphatic carbocycles. The molecule has 3 fully saturated rings. The first-order valence-electron chi connectivity index (χ1n) is 12.0. The molecule has 0 radical (unpaired) electrons. The molecule has 2 saturated heterocycles. The second kappa shape index (κ2) is 10.9. The molecule has 0 aromatic heterocycles. The van der Waals surface area contributed by atoms with Crippen LogP contribution in [0.25, 0.3) is 0 Å². The van der Waals surface area contributed by atoms with E-state index in [9.17, 15) is 9.59 Å². The van der Waals surface area contributed by atoms with E-state index >= 15 is 0 Å². The zero-order valence-electron chi connectivity index (χ0n) is 19.0. The number of hydrogen-bond acceptors (Lipinski definition) is 4. The van der Waals surface area contributed by atoms with Crippen LogP contribution in [0.15, 0.2) is 12.1 Å². The van der Waals surface area contributed by atoms with E-state index in [1.54, 1.807) is 0 Å². The SMILES string of the molecule is C[C@H]1CN(Cc2cc(Cl)cc(CC(=O)C[C@H]3CCOC3)c2Cl)CCN1C(=O)C1CCCC1. The fourth-order valence-corrected chi connectivity index (χ4v) is 5.95. The van der Waals surface area contributed by atoms with Crippen LogP contribution in [0.4, 0.5) is 0 Å². The number of ether oxygens (including phenoxy) is 1. The third-order valence-electron chi connectivity index (χ3n) is 7.21. The highest BCUT2D eigenvalue weighted by Crippen LogP contribution is 2.31. The highest BCUT2D eigenvalue weighted by molar-refractivity contribution is 6.34. The number of amides is 1. The van der Waals surface area contributed by atoms with Crippen molar-refractivity contribution in [2.24, 2.45) is 11.8 Å². The van der Waals surface area contributed by atoms with E-state index in [2.05, 4.69) is 16.7 Å². The monoisotopic (exact) mass is 480 g/mol. The van der Waals surface area contributed by atoms with Crippen molar-refractivity contribution in [2.45, 2.75) is 64.5 Å². The first-order valence-corrected chi connectivity index (χ1v) is 12.8. The first-order chi connectivity index (χ1) is 15.4.